The Morgan fingerprint density at radius 2 is 1.56 bits per heavy atom. The molecule has 1 amide bonds. The lowest BCUT2D eigenvalue weighted by molar-refractivity contribution is 0.0771. The first-order valence-electron chi connectivity index (χ1n) is 4.95. The van der Waals surface area contributed by atoms with Crippen LogP contribution in [0.1, 0.15) is 24.2 Å². The summed E-state index contributed by atoms with van der Waals surface area (Å²) >= 11 is 0. The Hall–Kier alpha value is -1.52. The molecule has 5 heteroatoms. The Kier molecular flexibility index (Phi) is 3.93. The van der Waals surface area contributed by atoms with Gasteiger partial charge in [-0.25, -0.2) is 13.2 Å². The molecule has 0 N–H and O–H groups in total. The molecule has 0 saturated carbocycles. The van der Waals surface area contributed by atoms with E-state index in [1.165, 1.54) is 4.90 Å². The highest BCUT2D eigenvalue weighted by Gasteiger charge is 2.17. The van der Waals surface area contributed by atoms with E-state index in [-0.39, 0.29) is 5.56 Å². The van der Waals surface area contributed by atoms with Crippen molar-refractivity contribution in [1.82, 2.24) is 4.90 Å². The molecule has 0 aromatic heterocycles. The van der Waals surface area contributed by atoms with Crippen LogP contribution in [0.25, 0.3) is 0 Å². The average Bonchev–Trinajstić information content (AvgIpc) is 2.26. The van der Waals surface area contributed by atoms with Crippen LogP contribution < -0.4 is 0 Å². The number of carbonyl (C=O) groups is 1. The summed E-state index contributed by atoms with van der Waals surface area (Å²) in [5, 5.41) is 0. The van der Waals surface area contributed by atoms with Gasteiger partial charge in [-0.15, -0.1) is 0 Å². The van der Waals surface area contributed by atoms with E-state index in [1.54, 1.807) is 13.8 Å². The zero-order valence-corrected chi connectivity index (χ0v) is 9.06. The quantitative estimate of drug-likeness (QED) is 0.732. The van der Waals surface area contributed by atoms with Crippen LogP contribution in [0.2, 0.25) is 0 Å². The Bertz CT molecular complexity index is 379. The Morgan fingerprint density at radius 1 is 1.12 bits per heavy atom. The molecular formula is C11H12F3NO. The zero-order chi connectivity index (χ0) is 12.3. The fourth-order valence-corrected chi connectivity index (χ4v) is 1.37. The van der Waals surface area contributed by atoms with E-state index in [0.717, 1.165) is 0 Å². The molecule has 0 aliphatic carbocycles. The fraction of sp³-hybridized carbons (Fsp3) is 0.364. The highest BCUT2D eigenvalue weighted by molar-refractivity contribution is 5.94. The molecule has 2 nitrogen and oxygen atoms in total. The van der Waals surface area contributed by atoms with E-state index in [9.17, 15) is 18.0 Å². The SMILES string of the molecule is CCN(CC)C(=O)c1cc(F)c(F)c(F)c1. The lowest BCUT2D eigenvalue weighted by Gasteiger charge is -2.18. The zero-order valence-electron chi connectivity index (χ0n) is 9.06. The van der Waals surface area contributed by atoms with Crippen molar-refractivity contribution in [3.05, 3.63) is 35.1 Å². The number of nitrogens with zero attached hydrogens (tertiary/aromatic N) is 1. The van der Waals surface area contributed by atoms with Crippen LogP contribution in [0.15, 0.2) is 12.1 Å². The molecule has 0 unspecified atom stereocenters. The topological polar surface area (TPSA) is 20.3 Å². The molecule has 0 aliphatic rings. The maximum absolute atomic E-state index is 12.9. The second-order valence-electron chi connectivity index (χ2n) is 3.23. The first-order valence-corrected chi connectivity index (χ1v) is 4.95. The van der Waals surface area contributed by atoms with Crippen LogP contribution >= 0.6 is 0 Å². The van der Waals surface area contributed by atoms with Crippen molar-refractivity contribution in [2.75, 3.05) is 13.1 Å². The smallest absolute Gasteiger partial charge is 0.254 e. The maximum Gasteiger partial charge on any atom is 0.254 e. The third-order valence-corrected chi connectivity index (χ3v) is 2.28. The van der Waals surface area contributed by atoms with Gasteiger partial charge in [-0.05, 0) is 26.0 Å². The summed E-state index contributed by atoms with van der Waals surface area (Å²) in [4.78, 5) is 13.1. The number of hydrogen-bond donors (Lipinski definition) is 0. The van der Waals surface area contributed by atoms with Gasteiger partial charge in [0, 0.05) is 18.7 Å². The van der Waals surface area contributed by atoms with Crippen LogP contribution in [-0.4, -0.2) is 23.9 Å². The number of halogens is 3. The van der Waals surface area contributed by atoms with Crippen LogP contribution in [0, 0.1) is 17.5 Å². The van der Waals surface area contributed by atoms with Gasteiger partial charge in [0.15, 0.2) is 17.5 Å². The molecule has 1 aromatic rings. The molecule has 16 heavy (non-hydrogen) atoms. The van der Waals surface area contributed by atoms with Gasteiger partial charge < -0.3 is 4.90 Å². The minimum atomic E-state index is -1.56. The molecule has 1 rings (SSSR count). The minimum absolute atomic E-state index is 0.180. The number of amides is 1. The number of rotatable bonds is 3. The van der Waals surface area contributed by atoms with Crippen molar-refractivity contribution in [3.63, 3.8) is 0 Å². The summed E-state index contributed by atoms with van der Waals surface area (Å²) in [7, 11) is 0. The third-order valence-electron chi connectivity index (χ3n) is 2.28. The lowest BCUT2D eigenvalue weighted by Crippen LogP contribution is -2.30. The summed E-state index contributed by atoms with van der Waals surface area (Å²) < 4.78 is 38.4. The largest absolute Gasteiger partial charge is 0.339 e. The predicted molar refractivity (Wildman–Crippen MR) is 53.6 cm³/mol. The molecule has 0 saturated heterocycles. The first kappa shape index (κ1) is 12.5. The van der Waals surface area contributed by atoms with Gasteiger partial charge in [-0.1, -0.05) is 0 Å². The summed E-state index contributed by atoms with van der Waals surface area (Å²) in [6.07, 6.45) is 0. The van der Waals surface area contributed by atoms with Gasteiger partial charge >= 0.3 is 0 Å². The molecule has 0 atom stereocenters. The van der Waals surface area contributed by atoms with Crippen LogP contribution in [-0.2, 0) is 0 Å². The average molecular weight is 231 g/mol. The Balaban J connectivity index is 3.10. The summed E-state index contributed by atoms with van der Waals surface area (Å²) in [6.45, 7) is 4.35. The van der Waals surface area contributed by atoms with E-state index >= 15 is 0 Å². The van der Waals surface area contributed by atoms with Crippen molar-refractivity contribution in [3.8, 4) is 0 Å². The molecule has 0 spiro atoms. The second kappa shape index (κ2) is 5.01. The highest BCUT2D eigenvalue weighted by atomic mass is 19.2. The fourth-order valence-electron chi connectivity index (χ4n) is 1.37. The van der Waals surface area contributed by atoms with Gasteiger partial charge in [-0.3, -0.25) is 4.79 Å². The van der Waals surface area contributed by atoms with E-state index in [4.69, 9.17) is 0 Å². The van der Waals surface area contributed by atoms with Gasteiger partial charge in [0.25, 0.3) is 5.91 Å². The van der Waals surface area contributed by atoms with Crippen molar-refractivity contribution >= 4 is 5.91 Å². The van der Waals surface area contributed by atoms with Gasteiger partial charge in [0.2, 0.25) is 0 Å². The Labute approximate surface area is 91.7 Å². The maximum atomic E-state index is 12.9. The summed E-state index contributed by atoms with van der Waals surface area (Å²) in [5.41, 5.74) is -0.180. The van der Waals surface area contributed by atoms with Crippen molar-refractivity contribution in [2.24, 2.45) is 0 Å². The van der Waals surface area contributed by atoms with Crippen LogP contribution in [0.4, 0.5) is 13.2 Å². The molecule has 0 fully saturated rings. The summed E-state index contributed by atoms with van der Waals surface area (Å²) in [5.74, 6) is -4.77. The monoisotopic (exact) mass is 231 g/mol. The number of hydrogen-bond acceptors (Lipinski definition) is 1. The second-order valence-corrected chi connectivity index (χ2v) is 3.23. The molecule has 88 valence electrons. The van der Waals surface area contributed by atoms with Gasteiger partial charge in [0.05, 0.1) is 0 Å². The molecule has 0 aliphatic heterocycles. The minimum Gasteiger partial charge on any atom is -0.339 e. The lowest BCUT2D eigenvalue weighted by atomic mass is 10.1. The van der Waals surface area contributed by atoms with E-state index in [2.05, 4.69) is 0 Å². The molecule has 1 aromatic carbocycles. The molecular weight excluding hydrogens is 219 g/mol. The molecule has 0 radical (unpaired) electrons. The summed E-state index contributed by atoms with van der Waals surface area (Å²) in [6, 6.07) is 1.41. The first-order chi connectivity index (χ1) is 7.51. The van der Waals surface area contributed by atoms with Gasteiger partial charge in [0.1, 0.15) is 0 Å². The van der Waals surface area contributed by atoms with Gasteiger partial charge in [-0.2, -0.15) is 0 Å². The van der Waals surface area contributed by atoms with E-state index < -0.39 is 23.4 Å². The molecule has 0 bridgehead atoms. The van der Waals surface area contributed by atoms with Crippen molar-refractivity contribution in [2.45, 2.75) is 13.8 Å². The van der Waals surface area contributed by atoms with Crippen LogP contribution in [0.5, 0.6) is 0 Å². The van der Waals surface area contributed by atoms with E-state index in [0.29, 0.717) is 25.2 Å². The van der Waals surface area contributed by atoms with Crippen molar-refractivity contribution < 1.29 is 18.0 Å². The predicted octanol–water partition coefficient (Wildman–Crippen LogP) is 2.59. The standard InChI is InChI=1S/C11H12F3NO/c1-3-15(4-2)11(16)7-5-8(12)10(14)9(13)6-7/h5-6H,3-4H2,1-2H3. The van der Waals surface area contributed by atoms with Crippen molar-refractivity contribution in [1.29, 1.82) is 0 Å². The highest BCUT2D eigenvalue weighted by Crippen LogP contribution is 2.15. The Morgan fingerprint density at radius 3 is 1.94 bits per heavy atom. The van der Waals surface area contributed by atoms with E-state index in [1.807, 2.05) is 0 Å². The number of benzene rings is 1. The molecule has 0 heterocycles. The normalized spacial score (nSPS) is 10.3. The van der Waals surface area contributed by atoms with Crippen LogP contribution in [0.3, 0.4) is 0 Å². The third kappa shape index (κ3) is 2.35. The number of carbonyl (C=O) groups excluding carboxylic acids is 1.